The molecule has 5 amide bonds. The smallest absolute Gasteiger partial charge is 0.333 e. The molecule has 0 aromatic carbocycles. The second-order valence-corrected chi connectivity index (χ2v) is 8.08. The van der Waals surface area contributed by atoms with Crippen molar-refractivity contribution in [3.05, 3.63) is 0 Å². The number of carbonyl (C=O) groups is 4. The van der Waals surface area contributed by atoms with Crippen LogP contribution in [0.2, 0.25) is 0 Å². The van der Waals surface area contributed by atoms with E-state index in [-0.39, 0.29) is 12.5 Å². The van der Waals surface area contributed by atoms with Crippen LogP contribution in [0.25, 0.3) is 0 Å². The standard InChI is InChI=1S/C20H34N4O4/c1-3-4-5-7-10-13-20(2)18(27)24(19(28)21-20)22-16(25)15-23-14-11-8-6-9-12-17(23)26/h3-15H2,1-2H3,(H,21,28)(H,22,25). The van der Waals surface area contributed by atoms with Gasteiger partial charge >= 0.3 is 6.03 Å². The van der Waals surface area contributed by atoms with Gasteiger partial charge in [0.15, 0.2) is 0 Å². The van der Waals surface area contributed by atoms with Gasteiger partial charge in [-0.3, -0.25) is 19.8 Å². The van der Waals surface area contributed by atoms with Crippen molar-refractivity contribution in [1.82, 2.24) is 20.7 Å². The average molecular weight is 395 g/mol. The van der Waals surface area contributed by atoms with E-state index in [0.29, 0.717) is 19.4 Å². The summed E-state index contributed by atoms with van der Waals surface area (Å²) in [4.78, 5) is 51.0. The van der Waals surface area contributed by atoms with Gasteiger partial charge in [-0.1, -0.05) is 51.9 Å². The predicted octanol–water partition coefficient (Wildman–Crippen LogP) is 2.48. The highest BCUT2D eigenvalue weighted by molar-refractivity contribution is 6.07. The van der Waals surface area contributed by atoms with Gasteiger partial charge < -0.3 is 10.2 Å². The normalized spacial score (nSPS) is 23.4. The summed E-state index contributed by atoms with van der Waals surface area (Å²) in [6, 6.07) is -0.617. The van der Waals surface area contributed by atoms with Gasteiger partial charge in [0.2, 0.25) is 5.91 Å². The highest BCUT2D eigenvalue weighted by atomic mass is 16.2. The molecular formula is C20H34N4O4. The van der Waals surface area contributed by atoms with E-state index >= 15 is 0 Å². The molecule has 0 radical (unpaired) electrons. The maximum Gasteiger partial charge on any atom is 0.344 e. The lowest BCUT2D eigenvalue weighted by molar-refractivity contribution is -0.141. The summed E-state index contributed by atoms with van der Waals surface area (Å²) < 4.78 is 0. The van der Waals surface area contributed by atoms with Crippen LogP contribution in [0.1, 0.15) is 84.5 Å². The van der Waals surface area contributed by atoms with Crippen LogP contribution >= 0.6 is 0 Å². The van der Waals surface area contributed by atoms with E-state index in [1.165, 1.54) is 4.90 Å². The molecule has 2 N–H and O–H groups in total. The Morgan fingerprint density at radius 1 is 1.07 bits per heavy atom. The van der Waals surface area contributed by atoms with Crippen molar-refractivity contribution in [3.63, 3.8) is 0 Å². The first-order chi connectivity index (χ1) is 13.4. The average Bonchev–Trinajstić information content (AvgIpc) is 2.85. The van der Waals surface area contributed by atoms with Crippen molar-refractivity contribution < 1.29 is 19.2 Å². The maximum atomic E-state index is 12.7. The van der Waals surface area contributed by atoms with Crippen LogP contribution in [0.5, 0.6) is 0 Å². The fourth-order valence-corrected chi connectivity index (χ4v) is 3.75. The number of hydrazine groups is 1. The number of rotatable bonds is 9. The molecule has 1 unspecified atom stereocenters. The fraction of sp³-hybridized carbons (Fsp3) is 0.800. The number of urea groups is 1. The topological polar surface area (TPSA) is 98.8 Å². The van der Waals surface area contributed by atoms with Crippen LogP contribution in [0.4, 0.5) is 4.79 Å². The molecule has 2 aliphatic heterocycles. The first-order valence-corrected chi connectivity index (χ1v) is 10.6. The number of unbranched alkanes of at least 4 members (excludes halogenated alkanes) is 4. The summed E-state index contributed by atoms with van der Waals surface area (Å²) in [5.74, 6) is -1.02. The van der Waals surface area contributed by atoms with E-state index in [9.17, 15) is 19.2 Å². The molecule has 28 heavy (non-hydrogen) atoms. The Morgan fingerprint density at radius 3 is 2.54 bits per heavy atom. The predicted molar refractivity (Wildman–Crippen MR) is 105 cm³/mol. The summed E-state index contributed by atoms with van der Waals surface area (Å²) in [5.41, 5.74) is 1.39. The molecule has 2 heterocycles. The highest BCUT2D eigenvalue weighted by Crippen LogP contribution is 2.23. The fourth-order valence-electron chi connectivity index (χ4n) is 3.75. The zero-order chi connectivity index (χ0) is 20.6. The highest BCUT2D eigenvalue weighted by Gasteiger charge is 2.48. The first-order valence-electron chi connectivity index (χ1n) is 10.6. The van der Waals surface area contributed by atoms with Crippen LogP contribution in [0.15, 0.2) is 0 Å². The molecule has 0 aromatic heterocycles. The van der Waals surface area contributed by atoms with Crippen molar-refractivity contribution in [2.24, 2.45) is 0 Å². The molecule has 0 aromatic rings. The van der Waals surface area contributed by atoms with Crippen LogP contribution in [-0.2, 0) is 14.4 Å². The quantitative estimate of drug-likeness (QED) is 0.464. The van der Waals surface area contributed by atoms with Gasteiger partial charge in [-0.05, 0) is 26.2 Å². The second-order valence-electron chi connectivity index (χ2n) is 8.08. The Kier molecular flexibility index (Phi) is 8.26. The molecule has 1 atom stereocenters. The lowest BCUT2D eigenvalue weighted by Crippen LogP contribution is -2.52. The number of amides is 5. The van der Waals surface area contributed by atoms with Gasteiger partial charge in [0, 0.05) is 13.0 Å². The van der Waals surface area contributed by atoms with E-state index in [0.717, 1.165) is 62.8 Å². The van der Waals surface area contributed by atoms with Crippen LogP contribution in [0, 0.1) is 0 Å². The van der Waals surface area contributed by atoms with E-state index in [1.807, 2.05) is 0 Å². The lowest BCUT2D eigenvalue weighted by Gasteiger charge is -2.25. The van der Waals surface area contributed by atoms with Gasteiger partial charge in [-0.2, -0.15) is 5.01 Å². The largest absolute Gasteiger partial charge is 0.344 e. The number of hydrogen-bond acceptors (Lipinski definition) is 4. The van der Waals surface area contributed by atoms with Gasteiger partial charge in [0.25, 0.3) is 11.8 Å². The van der Waals surface area contributed by atoms with Crippen molar-refractivity contribution in [2.75, 3.05) is 13.1 Å². The molecule has 0 spiro atoms. The van der Waals surface area contributed by atoms with Crippen molar-refractivity contribution in [2.45, 2.75) is 90.0 Å². The minimum absolute atomic E-state index is 0.0519. The molecular weight excluding hydrogens is 360 g/mol. The molecule has 158 valence electrons. The Hall–Kier alpha value is -2.12. The zero-order valence-corrected chi connectivity index (χ0v) is 17.2. The Bertz CT molecular complexity index is 595. The third kappa shape index (κ3) is 5.94. The molecule has 2 rings (SSSR count). The Labute approximate surface area is 167 Å². The van der Waals surface area contributed by atoms with E-state index in [2.05, 4.69) is 17.7 Å². The number of nitrogens with one attached hydrogen (secondary N) is 2. The van der Waals surface area contributed by atoms with Crippen molar-refractivity contribution in [3.8, 4) is 0 Å². The third-order valence-electron chi connectivity index (χ3n) is 5.53. The molecule has 8 nitrogen and oxygen atoms in total. The second kappa shape index (κ2) is 10.4. The first kappa shape index (κ1) is 22.2. The maximum absolute atomic E-state index is 12.7. The molecule has 0 saturated carbocycles. The zero-order valence-electron chi connectivity index (χ0n) is 17.2. The number of imide groups is 1. The van der Waals surface area contributed by atoms with E-state index in [1.54, 1.807) is 6.92 Å². The van der Waals surface area contributed by atoms with Gasteiger partial charge in [-0.15, -0.1) is 0 Å². The third-order valence-corrected chi connectivity index (χ3v) is 5.53. The van der Waals surface area contributed by atoms with E-state index in [4.69, 9.17) is 0 Å². The molecule has 2 fully saturated rings. The monoisotopic (exact) mass is 394 g/mol. The lowest BCUT2D eigenvalue weighted by atomic mass is 9.94. The van der Waals surface area contributed by atoms with Crippen LogP contribution in [-0.4, -0.2) is 52.3 Å². The van der Waals surface area contributed by atoms with Crippen LogP contribution in [0.3, 0.4) is 0 Å². The Balaban J connectivity index is 1.86. The summed E-state index contributed by atoms with van der Waals surface area (Å²) in [6.07, 6.45) is 10.0. The minimum atomic E-state index is -0.993. The minimum Gasteiger partial charge on any atom is -0.333 e. The van der Waals surface area contributed by atoms with E-state index < -0.39 is 23.4 Å². The molecule has 0 aliphatic carbocycles. The van der Waals surface area contributed by atoms with Gasteiger partial charge in [-0.25, -0.2) is 4.79 Å². The number of carbonyl (C=O) groups excluding carboxylic acids is 4. The molecule has 8 heteroatoms. The molecule has 2 saturated heterocycles. The summed E-state index contributed by atoms with van der Waals surface area (Å²) in [6.45, 7) is 4.23. The van der Waals surface area contributed by atoms with Gasteiger partial charge in [0.05, 0.1) is 0 Å². The number of nitrogens with zero attached hydrogens (tertiary/aromatic N) is 2. The van der Waals surface area contributed by atoms with Crippen molar-refractivity contribution in [1.29, 1.82) is 0 Å². The number of hydrogen-bond donors (Lipinski definition) is 2. The number of likely N-dealkylation sites (tertiary alicyclic amines) is 1. The summed E-state index contributed by atoms with van der Waals surface area (Å²) >= 11 is 0. The Morgan fingerprint density at radius 2 is 1.79 bits per heavy atom. The van der Waals surface area contributed by atoms with Gasteiger partial charge in [0.1, 0.15) is 12.1 Å². The summed E-state index contributed by atoms with van der Waals surface area (Å²) in [7, 11) is 0. The van der Waals surface area contributed by atoms with Crippen LogP contribution < -0.4 is 10.7 Å². The van der Waals surface area contributed by atoms with Crippen molar-refractivity contribution >= 4 is 23.8 Å². The molecule has 0 bridgehead atoms. The molecule has 2 aliphatic rings. The summed E-state index contributed by atoms with van der Waals surface area (Å²) in [5, 5.41) is 3.47. The SMILES string of the molecule is CCCCCCCC1(C)NC(=O)N(NC(=O)CN2CCCCCCC2=O)C1=O.